The molecule has 0 heterocycles. The molecule has 0 aliphatic carbocycles. The molecule has 20 heavy (non-hydrogen) atoms. The molecule has 0 fully saturated rings. The zero-order chi connectivity index (χ0) is 14.7. The molecule has 0 spiro atoms. The molecule has 0 unspecified atom stereocenters. The summed E-state index contributed by atoms with van der Waals surface area (Å²) >= 11 is 9.20. The molecule has 0 aromatic heterocycles. The monoisotopic (exact) mass is 348 g/mol. The number of para-hydroxylation sites is 1. The number of hydrogen-bond acceptors (Lipinski definition) is 2. The molecule has 0 atom stereocenters. The maximum Gasteiger partial charge on any atom is 0.259 e. The van der Waals surface area contributed by atoms with E-state index in [4.69, 9.17) is 16.9 Å². The molecule has 2 aromatic carbocycles. The van der Waals surface area contributed by atoms with Gasteiger partial charge in [0.1, 0.15) is 6.07 Å². The summed E-state index contributed by atoms with van der Waals surface area (Å²) in [6, 6.07) is 14.0. The number of benzene rings is 2. The third-order valence-corrected chi connectivity index (χ3v) is 3.74. The van der Waals surface area contributed by atoms with Crippen LogP contribution in [0.25, 0.3) is 0 Å². The molecule has 0 saturated carbocycles. The SMILES string of the molecule is CN(C(=O)c1ccc(Cl)cc1Br)c1ccccc1C#N. The largest absolute Gasteiger partial charge is 0.310 e. The van der Waals surface area contributed by atoms with E-state index in [1.807, 2.05) is 0 Å². The van der Waals surface area contributed by atoms with E-state index in [0.29, 0.717) is 26.3 Å². The smallest absolute Gasteiger partial charge is 0.259 e. The lowest BCUT2D eigenvalue weighted by Crippen LogP contribution is -2.27. The van der Waals surface area contributed by atoms with Crippen molar-refractivity contribution in [2.45, 2.75) is 0 Å². The first kappa shape index (κ1) is 14.6. The minimum Gasteiger partial charge on any atom is -0.310 e. The van der Waals surface area contributed by atoms with Crippen LogP contribution in [0.1, 0.15) is 15.9 Å². The highest BCUT2D eigenvalue weighted by atomic mass is 79.9. The Morgan fingerprint density at radius 2 is 2.00 bits per heavy atom. The second kappa shape index (κ2) is 6.08. The highest BCUT2D eigenvalue weighted by Crippen LogP contribution is 2.25. The number of anilines is 1. The first-order valence-electron chi connectivity index (χ1n) is 5.77. The van der Waals surface area contributed by atoms with E-state index >= 15 is 0 Å². The summed E-state index contributed by atoms with van der Waals surface area (Å²) in [5.74, 6) is -0.212. The van der Waals surface area contributed by atoms with Crippen LogP contribution in [0.15, 0.2) is 46.9 Å². The predicted molar refractivity (Wildman–Crippen MR) is 83.0 cm³/mol. The Morgan fingerprint density at radius 1 is 1.30 bits per heavy atom. The van der Waals surface area contributed by atoms with E-state index in [1.165, 1.54) is 4.90 Å². The second-order valence-electron chi connectivity index (χ2n) is 4.12. The molecule has 100 valence electrons. The summed E-state index contributed by atoms with van der Waals surface area (Å²) in [7, 11) is 1.64. The standard InChI is InChI=1S/C15H10BrClN2O/c1-19(14-5-3-2-4-10(14)9-18)15(20)12-7-6-11(17)8-13(12)16/h2-8H,1H3. The zero-order valence-corrected chi connectivity index (χ0v) is 12.9. The van der Waals surface area contributed by atoms with E-state index in [0.717, 1.165) is 0 Å². The number of amides is 1. The van der Waals surface area contributed by atoms with Gasteiger partial charge in [-0.2, -0.15) is 5.26 Å². The van der Waals surface area contributed by atoms with Crippen molar-refractivity contribution in [2.75, 3.05) is 11.9 Å². The van der Waals surface area contributed by atoms with Gasteiger partial charge in [-0.3, -0.25) is 4.79 Å². The highest BCUT2D eigenvalue weighted by Gasteiger charge is 2.18. The van der Waals surface area contributed by atoms with Crippen molar-refractivity contribution in [1.29, 1.82) is 5.26 Å². The highest BCUT2D eigenvalue weighted by molar-refractivity contribution is 9.10. The molecular formula is C15H10BrClN2O. The van der Waals surface area contributed by atoms with Crippen LogP contribution in [0, 0.1) is 11.3 Å². The van der Waals surface area contributed by atoms with Crippen LogP contribution in [-0.2, 0) is 0 Å². The van der Waals surface area contributed by atoms with Crippen LogP contribution in [0.2, 0.25) is 5.02 Å². The summed E-state index contributed by atoms with van der Waals surface area (Å²) in [6.07, 6.45) is 0. The molecule has 5 heteroatoms. The summed E-state index contributed by atoms with van der Waals surface area (Å²) in [5.41, 5.74) is 1.51. The normalized spacial score (nSPS) is 9.90. The lowest BCUT2D eigenvalue weighted by Gasteiger charge is -2.19. The first-order valence-corrected chi connectivity index (χ1v) is 6.94. The van der Waals surface area contributed by atoms with Crippen molar-refractivity contribution in [2.24, 2.45) is 0 Å². The average molecular weight is 350 g/mol. The van der Waals surface area contributed by atoms with E-state index in [-0.39, 0.29) is 5.91 Å². The molecule has 2 aromatic rings. The Labute approximate surface area is 130 Å². The Bertz CT molecular complexity index is 709. The van der Waals surface area contributed by atoms with Crippen LogP contribution in [-0.4, -0.2) is 13.0 Å². The van der Waals surface area contributed by atoms with Crippen molar-refractivity contribution in [3.8, 4) is 6.07 Å². The molecular weight excluding hydrogens is 340 g/mol. The fraction of sp³-hybridized carbons (Fsp3) is 0.0667. The van der Waals surface area contributed by atoms with E-state index < -0.39 is 0 Å². The fourth-order valence-corrected chi connectivity index (χ4v) is 2.67. The Kier molecular flexibility index (Phi) is 4.43. The first-order chi connectivity index (χ1) is 9.54. The van der Waals surface area contributed by atoms with Crippen molar-refractivity contribution < 1.29 is 4.79 Å². The lowest BCUT2D eigenvalue weighted by atomic mass is 10.1. The number of nitriles is 1. The van der Waals surface area contributed by atoms with Crippen LogP contribution < -0.4 is 4.90 Å². The minimum absolute atomic E-state index is 0.212. The van der Waals surface area contributed by atoms with Gasteiger partial charge < -0.3 is 4.90 Å². The quantitative estimate of drug-likeness (QED) is 0.813. The molecule has 0 N–H and O–H groups in total. The summed E-state index contributed by atoms with van der Waals surface area (Å²) in [5, 5.41) is 9.65. The average Bonchev–Trinajstić information content (AvgIpc) is 2.45. The molecule has 0 saturated heterocycles. The van der Waals surface area contributed by atoms with Crippen LogP contribution in [0.3, 0.4) is 0 Å². The van der Waals surface area contributed by atoms with Crippen molar-refractivity contribution >= 4 is 39.1 Å². The van der Waals surface area contributed by atoms with Gasteiger partial charge >= 0.3 is 0 Å². The van der Waals surface area contributed by atoms with Gasteiger partial charge in [0.2, 0.25) is 0 Å². The fourth-order valence-electron chi connectivity index (χ4n) is 1.81. The third-order valence-electron chi connectivity index (χ3n) is 2.85. The molecule has 0 radical (unpaired) electrons. The Hall–Kier alpha value is -1.83. The topological polar surface area (TPSA) is 44.1 Å². The molecule has 3 nitrogen and oxygen atoms in total. The maximum atomic E-state index is 12.5. The summed E-state index contributed by atoms with van der Waals surface area (Å²) in [6.45, 7) is 0. The predicted octanol–water partition coefficient (Wildman–Crippen LogP) is 4.25. The molecule has 2 rings (SSSR count). The van der Waals surface area contributed by atoms with Crippen molar-refractivity contribution in [3.05, 3.63) is 63.1 Å². The van der Waals surface area contributed by atoms with Gasteiger partial charge in [0.25, 0.3) is 5.91 Å². The van der Waals surface area contributed by atoms with Gasteiger partial charge in [-0.25, -0.2) is 0 Å². The maximum absolute atomic E-state index is 12.5. The Morgan fingerprint density at radius 3 is 2.65 bits per heavy atom. The van der Waals surface area contributed by atoms with Crippen molar-refractivity contribution in [1.82, 2.24) is 0 Å². The van der Waals surface area contributed by atoms with Gasteiger partial charge in [0, 0.05) is 16.5 Å². The molecule has 1 amide bonds. The number of carbonyl (C=O) groups excluding carboxylic acids is 1. The van der Waals surface area contributed by atoms with E-state index in [2.05, 4.69) is 22.0 Å². The van der Waals surface area contributed by atoms with Crippen LogP contribution >= 0.6 is 27.5 Å². The lowest BCUT2D eigenvalue weighted by molar-refractivity contribution is 0.0992. The van der Waals surface area contributed by atoms with Crippen molar-refractivity contribution in [3.63, 3.8) is 0 Å². The molecule has 0 aliphatic heterocycles. The Balaban J connectivity index is 2.41. The number of rotatable bonds is 2. The minimum atomic E-state index is -0.212. The number of nitrogens with zero attached hydrogens (tertiary/aromatic N) is 2. The number of hydrogen-bond donors (Lipinski definition) is 0. The molecule has 0 bridgehead atoms. The third kappa shape index (κ3) is 2.84. The number of carbonyl (C=O) groups is 1. The zero-order valence-electron chi connectivity index (χ0n) is 10.6. The van der Waals surface area contributed by atoms with Gasteiger partial charge in [-0.05, 0) is 46.3 Å². The van der Waals surface area contributed by atoms with Gasteiger partial charge in [-0.1, -0.05) is 23.7 Å². The van der Waals surface area contributed by atoms with E-state index in [1.54, 1.807) is 49.5 Å². The second-order valence-corrected chi connectivity index (χ2v) is 5.41. The van der Waals surface area contributed by atoms with Gasteiger partial charge in [0.15, 0.2) is 0 Å². The molecule has 0 aliphatic rings. The summed E-state index contributed by atoms with van der Waals surface area (Å²) < 4.78 is 0.622. The van der Waals surface area contributed by atoms with Crippen LogP contribution in [0.5, 0.6) is 0 Å². The number of halogens is 2. The van der Waals surface area contributed by atoms with Crippen LogP contribution in [0.4, 0.5) is 5.69 Å². The van der Waals surface area contributed by atoms with Gasteiger partial charge in [0.05, 0.1) is 16.8 Å². The summed E-state index contributed by atoms with van der Waals surface area (Å²) in [4.78, 5) is 13.9. The van der Waals surface area contributed by atoms with Gasteiger partial charge in [-0.15, -0.1) is 0 Å². The van der Waals surface area contributed by atoms with E-state index in [9.17, 15) is 4.79 Å².